The van der Waals surface area contributed by atoms with Crippen LogP contribution in [0.1, 0.15) is 29.0 Å². The van der Waals surface area contributed by atoms with Crippen molar-refractivity contribution in [2.24, 2.45) is 4.99 Å². The lowest BCUT2D eigenvalue weighted by molar-refractivity contribution is 0.411. The first-order valence-corrected chi connectivity index (χ1v) is 19.6. The molecule has 2 heterocycles. The number of para-hydroxylation sites is 1. The zero-order valence-electron chi connectivity index (χ0n) is 30.9. The normalized spacial score (nSPS) is 15.9. The van der Waals surface area contributed by atoms with Gasteiger partial charge in [0.15, 0.2) is 0 Å². The van der Waals surface area contributed by atoms with Gasteiger partial charge < -0.3 is 9.73 Å². The van der Waals surface area contributed by atoms with Crippen molar-refractivity contribution in [3.8, 4) is 11.1 Å². The Morgan fingerprint density at radius 1 is 0.439 bits per heavy atom. The van der Waals surface area contributed by atoms with E-state index in [-0.39, 0.29) is 12.3 Å². The molecule has 0 fully saturated rings. The van der Waals surface area contributed by atoms with Crippen LogP contribution in [-0.4, -0.2) is 5.84 Å². The van der Waals surface area contributed by atoms with E-state index in [1.165, 1.54) is 53.9 Å². The van der Waals surface area contributed by atoms with Gasteiger partial charge >= 0.3 is 0 Å². The van der Waals surface area contributed by atoms with Crippen LogP contribution < -0.4 is 10.6 Å². The van der Waals surface area contributed by atoms with E-state index in [4.69, 9.17) is 9.41 Å². The number of amidine groups is 1. The third-order valence-electron chi connectivity index (χ3n) is 11.9. The number of furan rings is 1. The summed E-state index contributed by atoms with van der Waals surface area (Å²) in [5, 5.41) is 22.4. The number of benzene rings is 10. The Labute approximate surface area is 328 Å². The number of rotatable bonds is 4. The van der Waals surface area contributed by atoms with Crippen LogP contribution in [-0.2, 0) is 0 Å². The molecular weight excluding hydrogens is 695 g/mol. The van der Waals surface area contributed by atoms with Crippen LogP contribution in [0.4, 0.5) is 0 Å². The van der Waals surface area contributed by atoms with Gasteiger partial charge in [0.2, 0.25) is 0 Å². The summed E-state index contributed by atoms with van der Waals surface area (Å²) in [6, 6.07) is 67.4. The molecule has 1 aromatic heterocycles. The maximum Gasteiger partial charge on any atom is 0.143 e. The smallest absolute Gasteiger partial charge is 0.143 e. The van der Waals surface area contributed by atoms with Gasteiger partial charge in [-0.1, -0.05) is 170 Å². The molecule has 0 saturated carbocycles. The first-order valence-electron chi connectivity index (χ1n) is 19.6. The second-order valence-electron chi connectivity index (χ2n) is 15.1. The van der Waals surface area contributed by atoms with Crippen molar-refractivity contribution < 1.29 is 4.42 Å². The largest absolute Gasteiger partial charge is 0.455 e. The molecule has 0 saturated heterocycles. The fourth-order valence-corrected chi connectivity index (χ4v) is 9.25. The summed E-state index contributed by atoms with van der Waals surface area (Å²) in [5.41, 5.74) is 7.21. The lowest BCUT2D eigenvalue weighted by atomic mass is 9.91. The van der Waals surface area contributed by atoms with Gasteiger partial charge in [0.05, 0.1) is 0 Å². The Kier molecular flexibility index (Phi) is 7.10. The predicted molar refractivity (Wildman–Crippen MR) is 238 cm³/mol. The maximum atomic E-state index is 6.86. The second kappa shape index (κ2) is 12.6. The molecule has 2 N–H and O–H groups in total. The molecule has 4 heteroatoms. The number of hydrogen-bond acceptors (Lipinski definition) is 4. The Hall–Kier alpha value is -7.27. The molecule has 0 spiro atoms. The highest BCUT2D eigenvalue weighted by atomic mass is 16.3. The highest BCUT2D eigenvalue weighted by Gasteiger charge is 2.28. The van der Waals surface area contributed by atoms with Crippen LogP contribution in [0.5, 0.6) is 0 Å². The minimum absolute atomic E-state index is 0.247. The molecule has 12 rings (SSSR count). The average molecular weight is 730 g/mol. The maximum absolute atomic E-state index is 6.86. The number of hydrogen-bond donors (Lipinski definition) is 2. The van der Waals surface area contributed by atoms with E-state index in [1.54, 1.807) is 0 Å². The third kappa shape index (κ3) is 5.08. The van der Waals surface area contributed by atoms with E-state index < -0.39 is 0 Å². The van der Waals surface area contributed by atoms with Gasteiger partial charge in [-0.2, -0.15) is 0 Å². The van der Waals surface area contributed by atoms with E-state index in [0.29, 0.717) is 0 Å². The van der Waals surface area contributed by atoms with Gasteiger partial charge in [-0.3, -0.25) is 5.32 Å². The molecule has 0 aliphatic carbocycles. The lowest BCUT2D eigenvalue weighted by Crippen LogP contribution is -2.45. The van der Waals surface area contributed by atoms with Gasteiger partial charge in [0.25, 0.3) is 0 Å². The summed E-state index contributed by atoms with van der Waals surface area (Å²) in [4.78, 5) is 5.29. The molecular formula is C53H35N3O. The van der Waals surface area contributed by atoms with Gasteiger partial charge in [-0.05, 0) is 83.2 Å². The van der Waals surface area contributed by atoms with E-state index in [9.17, 15) is 0 Å². The summed E-state index contributed by atoms with van der Waals surface area (Å²) in [6.07, 6.45) is -0.504. The van der Waals surface area contributed by atoms with E-state index in [1.807, 2.05) is 0 Å². The van der Waals surface area contributed by atoms with Crippen molar-refractivity contribution in [1.82, 2.24) is 10.6 Å². The summed E-state index contributed by atoms with van der Waals surface area (Å²) in [5.74, 6) is 0.851. The molecule has 2 atom stereocenters. The van der Waals surface area contributed by atoms with Crippen LogP contribution in [0.25, 0.3) is 86.9 Å². The molecule has 11 aromatic rings. The summed E-state index contributed by atoms with van der Waals surface area (Å²) < 4.78 is 6.86. The fourth-order valence-electron chi connectivity index (χ4n) is 9.25. The van der Waals surface area contributed by atoms with Crippen LogP contribution in [0.2, 0.25) is 0 Å². The molecule has 1 aliphatic heterocycles. The Bertz CT molecular complexity index is 3400. The van der Waals surface area contributed by atoms with Crippen molar-refractivity contribution in [2.75, 3.05) is 0 Å². The summed E-state index contributed by atoms with van der Waals surface area (Å²) in [6.45, 7) is 0. The monoisotopic (exact) mass is 729 g/mol. The van der Waals surface area contributed by atoms with E-state index >= 15 is 0 Å². The first-order chi connectivity index (χ1) is 28.2. The van der Waals surface area contributed by atoms with Crippen molar-refractivity contribution in [3.63, 3.8) is 0 Å². The Balaban J connectivity index is 0.998. The van der Waals surface area contributed by atoms with Crippen molar-refractivity contribution >= 4 is 81.6 Å². The van der Waals surface area contributed by atoms with Crippen LogP contribution >= 0.6 is 0 Å². The number of nitrogens with one attached hydrogen (secondary N) is 2. The van der Waals surface area contributed by atoms with Gasteiger partial charge in [-0.25, -0.2) is 4.99 Å². The predicted octanol–water partition coefficient (Wildman–Crippen LogP) is 13.4. The fraction of sp³-hybridized carbons (Fsp3) is 0.0377. The van der Waals surface area contributed by atoms with Gasteiger partial charge in [-0.15, -0.1) is 0 Å². The standard InChI is InChI=1S/C53H35N3O/c1-2-13-33(14-3-1)51-54-52(36-27-28-38-34(30-36)25-24-32-12-4-5-15-37(32)38)56-53(55-51)46-22-11-23-48-49(46)45-21-10-20-39(50(45)57-48)35-26-29-44-42-18-7-6-16-40(42)41-17-8-9-19-43(41)47(44)31-35/h1-31,51,53,55H,(H,54,56). The molecule has 10 aromatic carbocycles. The van der Waals surface area contributed by atoms with Gasteiger partial charge in [0, 0.05) is 27.5 Å². The Morgan fingerprint density at radius 2 is 1.05 bits per heavy atom. The average Bonchev–Trinajstić information content (AvgIpc) is 3.68. The number of nitrogens with zero attached hydrogens (tertiary/aromatic N) is 1. The molecule has 0 bridgehead atoms. The first kappa shape index (κ1) is 32.0. The minimum atomic E-state index is -0.257. The molecule has 57 heavy (non-hydrogen) atoms. The summed E-state index contributed by atoms with van der Waals surface area (Å²) >= 11 is 0. The minimum Gasteiger partial charge on any atom is -0.455 e. The van der Waals surface area contributed by atoms with E-state index in [0.717, 1.165) is 55.6 Å². The number of aliphatic imine (C=N–C) groups is 1. The second-order valence-corrected chi connectivity index (χ2v) is 15.1. The van der Waals surface area contributed by atoms with E-state index in [2.05, 4.69) is 199 Å². The van der Waals surface area contributed by atoms with Crippen LogP contribution in [0, 0.1) is 0 Å². The zero-order chi connectivity index (χ0) is 37.5. The highest BCUT2D eigenvalue weighted by Crippen LogP contribution is 2.42. The molecule has 1 aliphatic rings. The topological polar surface area (TPSA) is 49.6 Å². The highest BCUT2D eigenvalue weighted by molar-refractivity contribution is 6.26. The van der Waals surface area contributed by atoms with Crippen molar-refractivity contribution in [2.45, 2.75) is 12.3 Å². The molecule has 4 nitrogen and oxygen atoms in total. The quantitative estimate of drug-likeness (QED) is 0.177. The van der Waals surface area contributed by atoms with Crippen molar-refractivity contribution in [3.05, 3.63) is 205 Å². The zero-order valence-corrected chi connectivity index (χ0v) is 30.9. The van der Waals surface area contributed by atoms with Crippen molar-refractivity contribution in [1.29, 1.82) is 0 Å². The van der Waals surface area contributed by atoms with Crippen LogP contribution in [0.3, 0.4) is 0 Å². The summed E-state index contributed by atoms with van der Waals surface area (Å²) in [7, 11) is 0. The Morgan fingerprint density at radius 3 is 1.86 bits per heavy atom. The SMILES string of the molecule is c1ccc(C2N=C(c3ccc4c(ccc5ccccc54)c3)NC(c3cccc4oc5c(-c6ccc7c8ccccc8c8ccccc8c7c6)cccc5c34)N2)cc1. The number of fused-ring (bicyclic) bond motifs is 12. The molecule has 268 valence electrons. The van der Waals surface area contributed by atoms with Gasteiger partial charge in [0.1, 0.15) is 29.3 Å². The lowest BCUT2D eigenvalue weighted by Gasteiger charge is -2.32. The molecule has 0 amide bonds. The van der Waals surface area contributed by atoms with Crippen LogP contribution in [0.15, 0.2) is 197 Å². The third-order valence-corrected chi connectivity index (χ3v) is 11.9. The molecule has 2 unspecified atom stereocenters. The molecule has 0 radical (unpaired) electrons.